The molecule has 8 nitrogen and oxygen atoms in total. The SMILES string of the molecule is O=C1C(Cl)=C(Nc2ccc(S(=O)(=O)Nc3nccs3)cc2)C(=O)N1c1ccc(Cl)cc1Cl. The fourth-order valence-corrected chi connectivity index (χ4v) is 5.30. The summed E-state index contributed by atoms with van der Waals surface area (Å²) in [6.07, 6.45) is 1.48. The van der Waals surface area contributed by atoms with E-state index in [0.717, 1.165) is 16.2 Å². The molecule has 0 saturated heterocycles. The molecule has 164 valence electrons. The zero-order valence-corrected chi connectivity index (χ0v) is 19.6. The molecule has 32 heavy (non-hydrogen) atoms. The molecule has 0 spiro atoms. The lowest BCUT2D eigenvalue weighted by Gasteiger charge is -2.16. The Hall–Kier alpha value is -2.63. The van der Waals surface area contributed by atoms with Crippen molar-refractivity contribution in [3.05, 3.63) is 74.8 Å². The van der Waals surface area contributed by atoms with Gasteiger partial charge in [0.05, 0.1) is 15.6 Å². The largest absolute Gasteiger partial charge is 0.350 e. The van der Waals surface area contributed by atoms with Gasteiger partial charge in [0.1, 0.15) is 10.7 Å². The molecule has 2 heterocycles. The second kappa shape index (κ2) is 8.72. The van der Waals surface area contributed by atoms with Gasteiger partial charge in [0.2, 0.25) is 0 Å². The van der Waals surface area contributed by atoms with Crippen LogP contribution in [0.1, 0.15) is 0 Å². The Morgan fingerprint density at radius 2 is 1.69 bits per heavy atom. The smallest absolute Gasteiger partial charge is 0.283 e. The van der Waals surface area contributed by atoms with Gasteiger partial charge in [0.25, 0.3) is 21.8 Å². The van der Waals surface area contributed by atoms with Gasteiger partial charge in [-0.3, -0.25) is 14.3 Å². The maximum Gasteiger partial charge on any atom is 0.283 e. The summed E-state index contributed by atoms with van der Waals surface area (Å²) in [6, 6.07) is 9.86. The summed E-state index contributed by atoms with van der Waals surface area (Å²) in [6.45, 7) is 0. The maximum atomic E-state index is 12.9. The number of nitrogens with zero attached hydrogens (tertiary/aromatic N) is 2. The van der Waals surface area contributed by atoms with E-state index < -0.39 is 21.8 Å². The summed E-state index contributed by atoms with van der Waals surface area (Å²) in [5.74, 6) is -1.47. The number of imide groups is 1. The summed E-state index contributed by atoms with van der Waals surface area (Å²) in [7, 11) is -3.83. The average molecular weight is 530 g/mol. The van der Waals surface area contributed by atoms with Crippen molar-refractivity contribution in [1.82, 2.24) is 4.98 Å². The first-order valence-corrected chi connectivity index (χ1v) is 12.2. The molecular weight excluding hydrogens is 519 g/mol. The third-order valence-electron chi connectivity index (χ3n) is 4.27. The fraction of sp³-hybridized carbons (Fsp3) is 0. The minimum absolute atomic E-state index is 0.0123. The summed E-state index contributed by atoms with van der Waals surface area (Å²) in [5.41, 5.74) is 0.312. The number of aromatic nitrogens is 1. The molecule has 0 radical (unpaired) electrons. The number of benzene rings is 2. The van der Waals surface area contributed by atoms with Crippen molar-refractivity contribution in [2.75, 3.05) is 14.9 Å². The van der Waals surface area contributed by atoms with Gasteiger partial charge in [-0.15, -0.1) is 11.3 Å². The average Bonchev–Trinajstić information content (AvgIpc) is 3.31. The van der Waals surface area contributed by atoms with Crippen LogP contribution in [0, 0.1) is 0 Å². The monoisotopic (exact) mass is 528 g/mol. The lowest BCUT2D eigenvalue weighted by molar-refractivity contribution is -0.120. The van der Waals surface area contributed by atoms with Crippen LogP contribution in [0.3, 0.4) is 0 Å². The van der Waals surface area contributed by atoms with Crippen LogP contribution in [0.15, 0.2) is 69.7 Å². The number of carbonyl (C=O) groups excluding carboxylic acids is 2. The van der Waals surface area contributed by atoms with Gasteiger partial charge in [-0.1, -0.05) is 34.8 Å². The third kappa shape index (κ3) is 4.32. The van der Waals surface area contributed by atoms with E-state index in [2.05, 4.69) is 15.0 Å². The molecule has 1 aliphatic heterocycles. The van der Waals surface area contributed by atoms with Gasteiger partial charge in [0.15, 0.2) is 5.13 Å². The number of rotatable bonds is 6. The number of hydrogen-bond donors (Lipinski definition) is 2. The molecule has 2 aromatic carbocycles. The van der Waals surface area contributed by atoms with Crippen molar-refractivity contribution in [1.29, 1.82) is 0 Å². The second-order valence-corrected chi connectivity index (χ2v) is 10.1. The van der Waals surface area contributed by atoms with Crippen LogP contribution in [0.5, 0.6) is 0 Å². The zero-order valence-electron chi connectivity index (χ0n) is 15.7. The number of sulfonamides is 1. The highest BCUT2D eigenvalue weighted by molar-refractivity contribution is 7.93. The number of anilines is 3. The first-order chi connectivity index (χ1) is 15.2. The van der Waals surface area contributed by atoms with Crippen LogP contribution in [0.4, 0.5) is 16.5 Å². The lowest BCUT2D eigenvalue weighted by Crippen LogP contribution is -2.32. The van der Waals surface area contributed by atoms with Crippen molar-refractivity contribution in [3.8, 4) is 0 Å². The Labute approximate surface area is 201 Å². The molecule has 0 saturated carbocycles. The fourth-order valence-electron chi connectivity index (χ4n) is 2.80. The van der Waals surface area contributed by atoms with Crippen molar-refractivity contribution in [2.24, 2.45) is 0 Å². The van der Waals surface area contributed by atoms with Gasteiger partial charge in [-0.2, -0.15) is 0 Å². The number of thiazole rings is 1. The summed E-state index contributed by atoms with van der Waals surface area (Å²) in [4.78, 5) is 30.2. The lowest BCUT2D eigenvalue weighted by atomic mass is 10.3. The van der Waals surface area contributed by atoms with E-state index in [1.54, 1.807) is 5.38 Å². The number of amides is 2. The minimum atomic E-state index is -3.83. The van der Waals surface area contributed by atoms with E-state index in [-0.39, 0.29) is 31.5 Å². The van der Waals surface area contributed by atoms with Gasteiger partial charge in [0, 0.05) is 22.3 Å². The molecule has 2 amide bonds. The molecular formula is C19H11Cl3N4O4S2. The number of halogens is 3. The number of hydrogen-bond acceptors (Lipinski definition) is 7. The Balaban J connectivity index is 1.55. The predicted octanol–water partition coefficient (Wildman–Crippen LogP) is 4.69. The van der Waals surface area contributed by atoms with Crippen molar-refractivity contribution in [2.45, 2.75) is 4.90 Å². The highest BCUT2D eigenvalue weighted by Gasteiger charge is 2.39. The molecule has 2 N–H and O–H groups in total. The molecule has 0 bridgehead atoms. The van der Waals surface area contributed by atoms with Crippen LogP contribution >= 0.6 is 46.1 Å². The summed E-state index contributed by atoms with van der Waals surface area (Å²) < 4.78 is 27.2. The van der Waals surface area contributed by atoms with Crippen molar-refractivity contribution < 1.29 is 18.0 Å². The first kappa shape index (κ1) is 22.6. The molecule has 0 unspecified atom stereocenters. The van der Waals surface area contributed by atoms with Crippen LogP contribution in [0.25, 0.3) is 0 Å². The quantitative estimate of drug-likeness (QED) is 0.449. The molecule has 1 aromatic heterocycles. The highest BCUT2D eigenvalue weighted by Crippen LogP contribution is 2.35. The van der Waals surface area contributed by atoms with Gasteiger partial charge in [-0.25, -0.2) is 18.3 Å². The maximum absolute atomic E-state index is 12.9. The highest BCUT2D eigenvalue weighted by atomic mass is 35.5. The first-order valence-electron chi connectivity index (χ1n) is 8.70. The van der Waals surface area contributed by atoms with E-state index in [4.69, 9.17) is 34.8 Å². The van der Waals surface area contributed by atoms with E-state index >= 15 is 0 Å². The zero-order chi connectivity index (χ0) is 23.0. The Bertz CT molecular complexity index is 1360. The van der Waals surface area contributed by atoms with Gasteiger partial charge >= 0.3 is 0 Å². The van der Waals surface area contributed by atoms with Gasteiger partial charge in [-0.05, 0) is 42.5 Å². The Kier molecular flexibility index (Phi) is 6.15. The number of nitrogens with one attached hydrogen (secondary N) is 2. The van der Waals surface area contributed by atoms with Crippen LogP contribution < -0.4 is 14.9 Å². The number of carbonyl (C=O) groups is 2. The molecule has 0 atom stereocenters. The van der Waals surface area contributed by atoms with E-state index in [1.165, 1.54) is 48.7 Å². The van der Waals surface area contributed by atoms with E-state index in [9.17, 15) is 18.0 Å². The molecule has 1 aliphatic rings. The molecule has 13 heteroatoms. The van der Waals surface area contributed by atoms with E-state index in [0.29, 0.717) is 10.7 Å². The molecule has 0 fully saturated rings. The topological polar surface area (TPSA) is 108 Å². The Morgan fingerprint density at radius 3 is 2.31 bits per heavy atom. The molecule has 3 aromatic rings. The standard InChI is InChI=1S/C19H11Cl3N4O4S2/c20-10-1-6-14(13(21)9-10)26-17(27)15(22)16(18(26)28)24-11-2-4-12(5-3-11)32(29,30)25-19-23-7-8-31-19/h1-9,24H,(H,23,25). The van der Waals surface area contributed by atoms with Crippen LogP contribution in [-0.2, 0) is 19.6 Å². The van der Waals surface area contributed by atoms with Crippen molar-refractivity contribution in [3.63, 3.8) is 0 Å². The molecule has 4 rings (SSSR count). The normalized spacial score (nSPS) is 14.3. The predicted molar refractivity (Wildman–Crippen MR) is 125 cm³/mol. The summed E-state index contributed by atoms with van der Waals surface area (Å²) >= 11 is 19.3. The van der Waals surface area contributed by atoms with Crippen LogP contribution in [-0.4, -0.2) is 25.2 Å². The van der Waals surface area contributed by atoms with E-state index in [1.807, 2.05) is 0 Å². The molecule has 0 aliphatic carbocycles. The second-order valence-electron chi connectivity index (χ2n) is 6.32. The van der Waals surface area contributed by atoms with Gasteiger partial charge < -0.3 is 5.32 Å². The minimum Gasteiger partial charge on any atom is -0.350 e. The Morgan fingerprint density at radius 1 is 0.969 bits per heavy atom. The van der Waals surface area contributed by atoms with Crippen LogP contribution in [0.2, 0.25) is 10.0 Å². The summed E-state index contributed by atoms with van der Waals surface area (Å²) in [5, 5.41) is 4.76. The van der Waals surface area contributed by atoms with Crippen molar-refractivity contribution >= 4 is 84.5 Å². The third-order valence-corrected chi connectivity index (χ3v) is 7.33.